The number of anilines is 1. The van der Waals surface area contributed by atoms with E-state index in [1.165, 1.54) is 12.1 Å². The predicted octanol–water partition coefficient (Wildman–Crippen LogP) is 5.68. The highest BCUT2D eigenvalue weighted by Crippen LogP contribution is 2.29. The van der Waals surface area contributed by atoms with E-state index < -0.39 is 0 Å². The first-order chi connectivity index (χ1) is 14.6. The van der Waals surface area contributed by atoms with Gasteiger partial charge in [0.25, 0.3) is 0 Å². The third kappa shape index (κ3) is 6.27. The second-order valence-electron chi connectivity index (χ2n) is 6.94. The molecule has 7 heteroatoms. The Labute approximate surface area is 186 Å². The summed E-state index contributed by atoms with van der Waals surface area (Å²) in [5, 5.41) is 0.777. The molecule has 3 rings (SSSR count). The summed E-state index contributed by atoms with van der Waals surface area (Å²) in [4.78, 5) is 23.0. The smallest absolute Gasteiger partial charge is 0.228 e. The monoisotopic (exact) mass is 445 g/mol. The topological polar surface area (TPSA) is 36.4 Å². The van der Waals surface area contributed by atoms with Gasteiger partial charge in [-0.1, -0.05) is 37.3 Å². The minimum atomic E-state index is -0.228. The van der Waals surface area contributed by atoms with E-state index in [1.807, 2.05) is 29.2 Å². The number of thioether (sulfide) groups is 1. The van der Waals surface area contributed by atoms with Crippen LogP contribution in [0.15, 0.2) is 53.4 Å². The average Bonchev–Trinajstić information content (AvgIpc) is 3.19. The Morgan fingerprint density at radius 3 is 2.50 bits per heavy atom. The highest BCUT2D eigenvalue weighted by atomic mass is 32.2. The summed E-state index contributed by atoms with van der Waals surface area (Å²) in [5.74, 6) is 0.705. The number of hydrogen-bond acceptors (Lipinski definition) is 5. The summed E-state index contributed by atoms with van der Waals surface area (Å²) < 4.78 is 14.1. The lowest BCUT2D eigenvalue weighted by Gasteiger charge is -2.24. The zero-order valence-electron chi connectivity index (χ0n) is 17.5. The van der Waals surface area contributed by atoms with Gasteiger partial charge in [-0.25, -0.2) is 9.37 Å². The molecule has 1 heterocycles. The molecule has 1 aromatic heterocycles. The molecule has 3 aromatic rings. The summed E-state index contributed by atoms with van der Waals surface area (Å²) >= 11 is 3.22. The van der Waals surface area contributed by atoms with Crippen LogP contribution in [0.25, 0.3) is 10.2 Å². The number of nitrogens with zero attached hydrogens (tertiary/aromatic N) is 3. The SMILES string of the molecule is CCN(CC)CCN(C(=O)CCCSc1ccc(F)cc1)c1nc2ccccc2s1. The Morgan fingerprint density at radius 1 is 1.07 bits per heavy atom. The zero-order valence-corrected chi connectivity index (χ0v) is 19.1. The lowest BCUT2D eigenvalue weighted by atomic mass is 10.3. The predicted molar refractivity (Wildman–Crippen MR) is 126 cm³/mol. The molecule has 2 aromatic carbocycles. The molecule has 160 valence electrons. The molecule has 4 nitrogen and oxygen atoms in total. The summed E-state index contributed by atoms with van der Waals surface area (Å²) in [6.45, 7) is 7.68. The Hall–Kier alpha value is -1.96. The van der Waals surface area contributed by atoms with Crippen molar-refractivity contribution in [2.45, 2.75) is 31.6 Å². The van der Waals surface area contributed by atoms with Crippen molar-refractivity contribution in [3.05, 3.63) is 54.3 Å². The molecule has 0 spiro atoms. The minimum Gasteiger partial charge on any atom is -0.302 e. The van der Waals surface area contributed by atoms with E-state index in [2.05, 4.69) is 18.7 Å². The van der Waals surface area contributed by atoms with E-state index in [1.54, 1.807) is 35.2 Å². The van der Waals surface area contributed by atoms with Gasteiger partial charge in [-0.2, -0.15) is 0 Å². The van der Waals surface area contributed by atoms with Crippen LogP contribution in [-0.2, 0) is 4.79 Å². The lowest BCUT2D eigenvalue weighted by molar-refractivity contribution is -0.118. The van der Waals surface area contributed by atoms with Gasteiger partial charge in [0.1, 0.15) is 5.82 Å². The molecule has 0 radical (unpaired) electrons. The molecule has 0 atom stereocenters. The summed E-state index contributed by atoms with van der Waals surface area (Å²) in [7, 11) is 0. The van der Waals surface area contributed by atoms with Crippen molar-refractivity contribution in [3.63, 3.8) is 0 Å². The number of hydrogen-bond donors (Lipinski definition) is 0. The van der Waals surface area contributed by atoms with E-state index in [0.29, 0.717) is 13.0 Å². The number of fused-ring (bicyclic) bond motifs is 1. The van der Waals surface area contributed by atoms with Gasteiger partial charge in [0.2, 0.25) is 5.91 Å². The molecule has 0 fully saturated rings. The van der Waals surface area contributed by atoms with Crippen LogP contribution in [-0.4, -0.2) is 47.7 Å². The van der Waals surface area contributed by atoms with Crippen LogP contribution in [0.3, 0.4) is 0 Å². The molecular weight excluding hydrogens is 417 g/mol. The number of para-hydroxylation sites is 1. The van der Waals surface area contributed by atoms with Crippen molar-refractivity contribution in [2.75, 3.05) is 36.8 Å². The molecule has 30 heavy (non-hydrogen) atoms. The highest BCUT2D eigenvalue weighted by Gasteiger charge is 2.20. The van der Waals surface area contributed by atoms with Crippen LogP contribution in [0.4, 0.5) is 9.52 Å². The Morgan fingerprint density at radius 2 is 1.80 bits per heavy atom. The molecule has 0 N–H and O–H groups in total. The van der Waals surface area contributed by atoms with Gasteiger partial charge in [-0.05, 0) is 61.7 Å². The van der Waals surface area contributed by atoms with E-state index in [-0.39, 0.29) is 11.7 Å². The standard InChI is InChI=1S/C23H28FN3OS2/c1-3-26(4-2)15-16-27(23-25-20-8-5-6-9-21(20)30-23)22(28)10-7-17-29-19-13-11-18(24)12-14-19/h5-6,8-9,11-14H,3-4,7,10,15-17H2,1-2H3. The van der Waals surface area contributed by atoms with Crippen molar-refractivity contribution in [2.24, 2.45) is 0 Å². The zero-order chi connectivity index (χ0) is 21.3. The lowest BCUT2D eigenvalue weighted by Crippen LogP contribution is -2.38. The molecule has 0 unspecified atom stereocenters. The Balaban J connectivity index is 1.62. The second-order valence-corrected chi connectivity index (χ2v) is 9.12. The number of amides is 1. The third-order valence-corrected chi connectivity index (χ3v) is 7.12. The van der Waals surface area contributed by atoms with Gasteiger partial charge in [-0.3, -0.25) is 9.69 Å². The van der Waals surface area contributed by atoms with E-state index in [0.717, 1.165) is 52.1 Å². The fourth-order valence-corrected chi connectivity index (χ4v) is 5.02. The summed E-state index contributed by atoms with van der Waals surface area (Å²) in [6, 6.07) is 14.5. The normalized spacial score (nSPS) is 11.3. The van der Waals surface area contributed by atoms with Gasteiger partial charge < -0.3 is 4.90 Å². The van der Waals surface area contributed by atoms with E-state index in [4.69, 9.17) is 4.98 Å². The van der Waals surface area contributed by atoms with Gasteiger partial charge in [-0.15, -0.1) is 11.8 Å². The maximum atomic E-state index is 13.1. The second kappa shape index (κ2) is 11.4. The van der Waals surface area contributed by atoms with Gasteiger partial charge in [0.15, 0.2) is 5.13 Å². The molecule has 0 bridgehead atoms. The maximum Gasteiger partial charge on any atom is 0.228 e. The van der Waals surface area contributed by atoms with Gasteiger partial charge >= 0.3 is 0 Å². The first-order valence-corrected chi connectivity index (χ1v) is 12.2. The number of rotatable bonds is 11. The molecule has 0 aliphatic rings. The van der Waals surface area contributed by atoms with Crippen LogP contribution >= 0.6 is 23.1 Å². The first-order valence-electron chi connectivity index (χ1n) is 10.4. The van der Waals surface area contributed by atoms with Crippen molar-refractivity contribution < 1.29 is 9.18 Å². The number of thiazole rings is 1. The molecule has 1 amide bonds. The van der Waals surface area contributed by atoms with Crippen molar-refractivity contribution in [1.29, 1.82) is 0 Å². The van der Waals surface area contributed by atoms with Crippen LogP contribution in [0.5, 0.6) is 0 Å². The van der Waals surface area contributed by atoms with Crippen molar-refractivity contribution in [3.8, 4) is 0 Å². The highest BCUT2D eigenvalue weighted by molar-refractivity contribution is 7.99. The van der Waals surface area contributed by atoms with Crippen LogP contribution in [0.1, 0.15) is 26.7 Å². The molecule has 0 aliphatic heterocycles. The van der Waals surface area contributed by atoms with Crippen molar-refractivity contribution >= 4 is 44.4 Å². The molecule has 0 saturated heterocycles. The number of likely N-dealkylation sites (N-methyl/N-ethyl adjacent to an activating group) is 1. The fraction of sp³-hybridized carbons (Fsp3) is 0.391. The van der Waals surface area contributed by atoms with Crippen LogP contribution in [0, 0.1) is 5.82 Å². The van der Waals surface area contributed by atoms with Crippen LogP contribution in [0.2, 0.25) is 0 Å². The molecule has 0 saturated carbocycles. The fourth-order valence-electron chi connectivity index (χ4n) is 3.16. The largest absolute Gasteiger partial charge is 0.302 e. The number of benzene rings is 2. The van der Waals surface area contributed by atoms with Gasteiger partial charge in [0, 0.05) is 24.4 Å². The number of carbonyl (C=O) groups is 1. The van der Waals surface area contributed by atoms with Crippen LogP contribution < -0.4 is 4.90 Å². The number of aromatic nitrogens is 1. The molecule has 0 aliphatic carbocycles. The van der Waals surface area contributed by atoms with Gasteiger partial charge in [0.05, 0.1) is 10.2 Å². The maximum absolute atomic E-state index is 13.1. The third-order valence-electron chi connectivity index (χ3n) is 4.97. The summed E-state index contributed by atoms with van der Waals surface area (Å²) in [6.07, 6.45) is 1.25. The average molecular weight is 446 g/mol. The first kappa shape index (κ1) is 22.7. The Bertz CT molecular complexity index is 908. The quantitative estimate of drug-likeness (QED) is 0.281. The summed E-state index contributed by atoms with van der Waals surface area (Å²) in [5.41, 5.74) is 0.935. The number of carbonyl (C=O) groups excluding carboxylic acids is 1. The number of halogens is 1. The van der Waals surface area contributed by atoms with E-state index in [9.17, 15) is 9.18 Å². The molecular formula is C23H28FN3OS2. The Kier molecular flexibility index (Phi) is 8.66. The minimum absolute atomic E-state index is 0.112. The van der Waals surface area contributed by atoms with Crippen molar-refractivity contribution in [1.82, 2.24) is 9.88 Å². The van der Waals surface area contributed by atoms with E-state index >= 15 is 0 Å².